The standard InChI is InChI=1S/C26H26FN3O.C2HF3O2/c27-23-9-10-24-25(15-23)29-26(28-24)22-7-5-21(6-8-22)20-3-1-18(2-4-20)16-30-13-11-19(17-31)12-14-30;3-2(4,5)1(6)7/h1-10,15,19,31H,11-14,16-17H2,(H,28,29);(H,6,7). The average Bonchev–Trinajstić information content (AvgIpc) is 3.33. The molecule has 0 aliphatic carbocycles. The number of carboxylic acid groups (broad SMARTS) is 1. The van der Waals surface area contributed by atoms with Gasteiger partial charge in [-0.05, 0) is 66.7 Å². The number of aromatic nitrogens is 2. The van der Waals surface area contributed by atoms with Crippen LogP contribution >= 0.6 is 0 Å². The molecule has 2 heterocycles. The Balaban J connectivity index is 0.000000426. The average molecular weight is 530 g/mol. The molecule has 4 aromatic rings. The molecule has 200 valence electrons. The van der Waals surface area contributed by atoms with Crippen molar-refractivity contribution in [3.63, 3.8) is 0 Å². The Hall–Kier alpha value is -3.76. The number of carboxylic acids is 1. The molecule has 0 amide bonds. The highest BCUT2D eigenvalue weighted by molar-refractivity contribution is 5.80. The van der Waals surface area contributed by atoms with Crippen molar-refractivity contribution in [2.75, 3.05) is 19.7 Å². The summed E-state index contributed by atoms with van der Waals surface area (Å²) in [6, 6.07) is 21.6. The number of nitrogens with one attached hydrogen (secondary N) is 1. The lowest BCUT2D eigenvalue weighted by Gasteiger charge is -2.31. The van der Waals surface area contributed by atoms with E-state index in [2.05, 4.69) is 51.3 Å². The molecule has 5 rings (SSSR count). The summed E-state index contributed by atoms with van der Waals surface area (Å²) in [5.74, 6) is -1.81. The van der Waals surface area contributed by atoms with Gasteiger partial charge in [-0.15, -0.1) is 0 Å². The molecule has 0 saturated carbocycles. The number of halogens is 4. The van der Waals surface area contributed by atoms with E-state index in [-0.39, 0.29) is 5.82 Å². The number of aromatic amines is 1. The number of imidazole rings is 1. The van der Waals surface area contributed by atoms with Crippen molar-refractivity contribution >= 4 is 17.0 Å². The second-order valence-corrected chi connectivity index (χ2v) is 9.23. The number of fused-ring (bicyclic) bond motifs is 1. The first-order chi connectivity index (χ1) is 18.1. The van der Waals surface area contributed by atoms with Gasteiger partial charge in [0.2, 0.25) is 0 Å². The summed E-state index contributed by atoms with van der Waals surface area (Å²) in [6.45, 7) is 3.39. The third-order valence-electron chi connectivity index (χ3n) is 6.50. The fraction of sp³-hybridized carbons (Fsp3) is 0.286. The highest BCUT2D eigenvalue weighted by Gasteiger charge is 2.38. The first-order valence-corrected chi connectivity index (χ1v) is 12.1. The number of aliphatic carboxylic acids is 1. The Kier molecular flexibility index (Phi) is 8.43. The quantitative estimate of drug-likeness (QED) is 0.281. The molecule has 38 heavy (non-hydrogen) atoms. The molecular weight excluding hydrogens is 502 g/mol. The zero-order chi connectivity index (χ0) is 27.3. The molecule has 0 spiro atoms. The summed E-state index contributed by atoms with van der Waals surface area (Å²) in [7, 11) is 0. The Morgan fingerprint density at radius 1 is 0.947 bits per heavy atom. The second kappa shape index (κ2) is 11.7. The third kappa shape index (κ3) is 6.96. The predicted octanol–water partition coefficient (Wildman–Crippen LogP) is 5.87. The van der Waals surface area contributed by atoms with E-state index in [4.69, 9.17) is 9.90 Å². The van der Waals surface area contributed by atoms with Gasteiger partial charge in [0, 0.05) is 18.7 Å². The van der Waals surface area contributed by atoms with Crippen LogP contribution in [0.2, 0.25) is 0 Å². The molecule has 1 saturated heterocycles. The summed E-state index contributed by atoms with van der Waals surface area (Å²) < 4.78 is 45.2. The smallest absolute Gasteiger partial charge is 0.475 e. The number of hydrogen-bond acceptors (Lipinski definition) is 4. The SMILES string of the molecule is O=C(O)C(F)(F)F.OCC1CCN(Cc2ccc(-c3ccc(-c4nc5ccc(F)cc5[nH]4)cc3)cc2)CC1. The van der Waals surface area contributed by atoms with Crippen LogP contribution in [0.3, 0.4) is 0 Å². The van der Waals surface area contributed by atoms with Crippen LogP contribution in [-0.2, 0) is 11.3 Å². The summed E-state index contributed by atoms with van der Waals surface area (Å²) in [6.07, 6.45) is -2.91. The van der Waals surface area contributed by atoms with Crippen LogP contribution in [0.25, 0.3) is 33.5 Å². The van der Waals surface area contributed by atoms with E-state index in [9.17, 15) is 22.7 Å². The number of likely N-dealkylation sites (tertiary alicyclic amines) is 1. The summed E-state index contributed by atoms with van der Waals surface area (Å²) in [5.41, 5.74) is 6.09. The van der Waals surface area contributed by atoms with Gasteiger partial charge in [0.25, 0.3) is 0 Å². The molecule has 0 radical (unpaired) electrons. The molecule has 0 unspecified atom stereocenters. The molecule has 0 atom stereocenters. The number of rotatable bonds is 5. The highest BCUT2D eigenvalue weighted by atomic mass is 19.4. The van der Waals surface area contributed by atoms with Crippen LogP contribution in [0.15, 0.2) is 66.7 Å². The number of aliphatic hydroxyl groups excluding tert-OH is 1. The lowest BCUT2D eigenvalue weighted by atomic mass is 9.97. The first-order valence-electron chi connectivity index (χ1n) is 12.1. The molecule has 3 aromatic carbocycles. The van der Waals surface area contributed by atoms with Crippen molar-refractivity contribution in [3.8, 4) is 22.5 Å². The van der Waals surface area contributed by atoms with Crippen molar-refractivity contribution in [3.05, 3.63) is 78.1 Å². The van der Waals surface area contributed by atoms with E-state index in [0.29, 0.717) is 18.0 Å². The number of H-pyrrole nitrogens is 1. The minimum Gasteiger partial charge on any atom is -0.475 e. The lowest BCUT2D eigenvalue weighted by Crippen LogP contribution is -2.34. The first kappa shape index (κ1) is 27.3. The number of alkyl halides is 3. The Bertz CT molecular complexity index is 1360. The van der Waals surface area contributed by atoms with E-state index in [1.807, 2.05) is 12.1 Å². The van der Waals surface area contributed by atoms with Crippen molar-refractivity contribution in [2.45, 2.75) is 25.6 Å². The monoisotopic (exact) mass is 529 g/mol. The van der Waals surface area contributed by atoms with Gasteiger partial charge in [-0.2, -0.15) is 13.2 Å². The Labute approximate surface area is 216 Å². The molecule has 1 aliphatic rings. The number of carbonyl (C=O) groups is 1. The third-order valence-corrected chi connectivity index (χ3v) is 6.50. The second-order valence-electron chi connectivity index (χ2n) is 9.23. The number of aliphatic hydroxyl groups is 1. The van der Waals surface area contributed by atoms with Crippen LogP contribution < -0.4 is 0 Å². The van der Waals surface area contributed by atoms with Crippen molar-refractivity contribution in [2.24, 2.45) is 5.92 Å². The molecule has 10 heteroatoms. The van der Waals surface area contributed by atoms with E-state index in [0.717, 1.165) is 54.9 Å². The van der Waals surface area contributed by atoms with Gasteiger partial charge < -0.3 is 15.2 Å². The van der Waals surface area contributed by atoms with Crippen LogP contribution in [0.5, 0.6) is 0 Å². The largest absolute Gasteiger partial charge is 0.490 e. The zero-order valence-corrected chi connectivity index (χ0v) is 20.4. The van der Waals surface area contributed by atoms with Gasteiger partial charge in [0.05, 0.1) is 11.0 Å². The molecule has 1 aliphatic heterocycles. The van der Waals surface area contributed by atoms with Gasteiger partial charge >= 0.3 is 12.1 Å². The number of benzene rings is 3. The van der Waals surface area contributed by atoms with Crippen molar-refractivity contribution in [1.29, 1.82) is 0 Å². The minimum atomic E-state index is -5.08. The van der Waals surface area contributed by atoms with Crippen molar-refractivity contribution in [1.82, 2.24) is 14.9 Å². The van der Waals surface area contributed by atoms with Gasteiger partial charge in [-0.3, -0.25) is 4.90 Å². The fourth-order valence-corrected chi connectivity index (χ4v) is 4.33. The molecule has 6 nitrogen and oxygen atoms in total. The van der Waals surface area contributed by atoms with Gasteiger partial charge in [0.1, 0.15) is 11.6 Å². The van der Waals surface area contributed by atoms with Gasteiger partial charge in [0.15, 0.2) is 0 Å². The molecule has 1 fully saturated rings. The maximum atomic E-state index is 13.4. The van der Waals surface area contributed by atoms with Gasteiger partial charge in [-0.1, -0.05) is 48.5 Å². The van der Waals surface area contributed by atoms with E-state index in [1.54, 1.807) is 6.07 Å². The lowest BCUT2D eigenvalue weighted by molar-refractivity contribution is -0.192. The van der Waals surface area contributed by atoms with Crippen LogP contribution in [-0.4, -0.2) is 56.9 Å². The maximum absolute atomic E-state index is 13.4. The highest BCUT2D eigenvalue weighted by Crippen LogP contribution is 2.26. The molecular formula is C28H27F4N3O3. The summed E-state index contributed by atoms with van der Waals surface area (Å²) >= 11 is 0. The molecule has 3 N–H and O–H groups in total. The van der Waals surface area contributed by atoms with Crippen molar-refractivity contribution < 1.29 is 32.6 Å². The Morgan fingerprint density at radius 3 is 2.05 bits per heavy atom. The van der Waals surface area contributed by atoms with E-state index >= 15 is 0 Å². The molecule has 1 aromatic heterocycles. The number of piperidine rings is 1. The maximum Gasteiger partial charge on any atom is 0.490 e. The summed E-state index contributed by atoms with van der Waals surface area (Å²) in [4.78, 5) is 19.1. The number of nitrogens with zero attached hydrogens (tertiary/aromatic N) is 2. The van der Waals surface area contributed by atoms with Gasteiger partial charge in [-0.25, -0.2) is 14.2 Å². The molecule has 0 bridgehead atoms. The fourth-order valence-electron chi connectivity index (χ4n) is 4.33. The van der Waals surface area contributed by atoms with Crippen LogP contribution in [0, 0.1) is 11.7 Å². The number of hydrogen-bond donors (Lipinski definition) is 3. The minimum absolute atomic E-state index is 0.267. The predicted molar refractivity (Wildman–Crippen MR) is 136 cm³/mol. The van der Waals surface area contributed by atoms with E-state index < -0.39 is 12.1 Å². The normalized spacial score (nSPS) is 14.8. The summed E-state index contributed by atoms with van der Waals surface area (Å²) in [5, 5.41) is 16.4. The Morgan fingerprint density at radius 2 is 1.50 bits per heavy atom. The van der Waals surface area contributed by atoms with Crippen LogP contribution in [0.4, 0.5) is 17.6 Å². The topological polar surface area (TPSA) is 89.4 Å². The zero-order valence-electron chi connectivity index (χ0n) is 20.4. The van der Waals surface area contributed by atoms with E-state index in [1.165, 1.54) is 23.3 Å². The van der Waals surface area contributed by atoms with Crippen LogP contribution in [0.1, 0.15) is 18.4 Å².